The van der Waals surface area contributed by atoms with Crippen molar-refractivity contribution >= 4 is 12.0 Å². The molecule has 3 atom stereocenters. The van der Waals surface area contributed by atoms with Crippen molar-refractivity contribution in [3.8, 4) is 0 Å². The number of nitrogens with zero attached hydrogens (tertiary/aromatic N) is 1. The number of hydrogen-bond donors (Lipinski definition) is 1. The highest BCUT2D eigenvalue weighted by molar-refractivity contribution is 5.95. The van der Waals surface area contributed by atoms with Crippen molar-refractivity contribution in [2.75, 3.05) is 26.4 Å². The Kier molecular flexibility index (Phi) is 13.8. The molecule has 1 unspecified atom stereocenters. The van der Waals surface area contributed by atoms with Crippen LogP contribution in [0.4, 0.5) is 4.79 Å². The van der Waals surface area contributed by atoms with E-state index in [2.05, 4.69) is 26.3 Å². The van der Waals surface area contributed by atoms with Crippen molar-refractivity contribution in [2.24, 2.45) is 5.92 Å². The molecule has 1 aliphatic heterocycles. The summed E-state index contributed by atoms with van der Waals surface area (Å²) in [5.74, 6) is -0.631. The number of carbonyl (C=O) groups is 2. The number of unbranched alkanes of at least 4 members (excludes halogenated alkanes) is 4. The van der Waals surface area contributed by atoms with Crippen molar-refractivity contribution in [3.63, 3.8) is 0 Å². The second-order valence-electron chi connectivity index (χ2n) is 9.09. The fourth-order valence-electron chi connectivity index (χ4n) is 4.13. The fourth-order valence-corrected chi connectivity index (χ4v) is 4.13. The monoisotopic (exact) mass is 476 g/mol. The summed E-state index contributed by atoms with van der Waals surface area (Å²) in [4.78, 5) is 33.6. The Balaban J connectivity index is 2.18. The zero-order valence-corrected chi connectivity index (χ0v) is 21.3. The van der Waals surface area contributed by atoms with Crippen LogP contribution in [0.2, 0.25) is 0 Å². The van der Waals surface area contributed by atoms with Crippen LogP contribution < -0.4 is 5.48 Å². The molecule has 1 fully saturated rings. The Morgan fingerprint density at radius 1 is 1.06 bits per heavy atom. The number of benzene rings is 1. The molecule has 0 aromatic heterocycles. The van der Waals surface area contributed by atoms with Crippen molar-refractivity contribution in [1.29, 1.82) is 0 Å². The average molecular weight is 477 g/mol. The van der Waals surface area contributed by atoms with Crippen LogP contribution in [0.25, 0.3) is 0 Å². The lowest BCUT2D eigenvalue weighted by Gasteiger charge is -2.31. The lowest BCUT2D eigenvalue weighted by Crippen LogP contribution is -2.51. The highest BCUT2D eigenvalue weighted by Crippen LogP contribution is 2.25. The van der Waals surface area contributed by atoms with Crippen LogP contribution in [-0.2, 0) is 25.5 Å². The van der Waals surface area contributed by atoms with Crippen molar-refractivity contribution < 1.29 is 23.9 Å². The highest BCUT2D eigenvalue weighted by atomic mass is 16.6. The SMILES string of the molecule is CCCCC[C@@H](C(=O)N1C(=O)OC[C@@H]1Cc1ccccc1)C(COCCCC)NOCCCC. The van der Waals surface area contributed by atoms with Crippen LogP contribution in [0.1, 0.15) is 77.7 Å². The summed E-state index contributed by atoms with van der Waals surface area (Å²) in [6.07, 6.45) is 7.66. The molecule has 0 spiro atoms. The number of imide groups is 1. The molecule has 1 aliphatic rings. The first-order chi connectivity index (χ1) is 16.6. The fraction of sp³-hybridized carbons (Fsp3) is 0.704. The van der Waals surface area contributed by atoms with E-state index in [1.807, 2.05) is 30.3 Å². The summed E-state index contributed by atoms with van der Waals surface area (Å²) in [6.45, 7) is 8.16. The summed E-state index contributed by atoms with van der Waals surface area (Å²) >= 11 is 0. The van der Waals surface area contributed by atoms with Gasteiger partial charge in [0.1, 0.15) is 6.61 Å². The van der Waals surface area contributed by atoms with E-state index >= 15 is 0 Å². The number of cyclic esters (lactones) is 1. The molecule has 0 bridgehead atoms. The number of carbonyl (C=O) groups excluding carboxylic acids is 2. The zero-order valence-electron chi connectivity index (χ0n) is 21.3. The van der Waals surface area contributed by atoms with Gasteiger partial charge in [-0.15, -0.1) is 0 Å². The van der Waals surface area contributed by atoms with Gasteiger partial charge >= 0.3 is 6.09 Å². The average Bonchev–Trinajstić information content (AvgIpc) is 3.21. The Bertz CT molecular complexity index is 688. The van der Waals surface area contributed by atoms with Crippen LogP contribution >= 0.6 is 0 Å². The third kappa shape index (κ3) is 9.35. The second-order valence-corrected chi connectivity index (χ2v) is 9.09. The molecule has 34 heavy (non-hydrogen) atoms. The van der Waals surface area contributed by atoms with Crippen LogP contribution in [-0.4, -0.2) is 55.4 Å². The minimum absolute atomic E-state index is 0.199. The molecule has 2 rings (SSSR count). The first kappa shape index (κ1) is 28.3. The minimum atomic E-state index is -0.552. The molecule has 1 aromatic rings. The van der Waals surface area contributed by atoms with Crippen molar-refractivity contribution in [3.05, 3.63) is 35.9 Å². The summed E-state index contributed by atoms with van der Waals surface area (Å²) in [5, 5.41) is 0. The summed E-state index contributed by atoms with van der Waals surface area (Å²) in [7, 11) is 0. The van der Waals surface area contributed by atoms with Gasteiger partial charge in [0.15, 0.2) is 0 Å². The van der Waals surface area contributed by atoms with E-state index in [1.165, 1.54) is 4.90 Å². The van der Waals surface area contributed by atoms with Gasteiger partial charge in [0.25, 0.3) is 0 Å². The number of hydrogen-bond acceptors (Lipinski definition) is 6. The van der Waals surface area contributed by atoms with E-state index in [4.69, 9.17) is 14.3 Å². The molecule has 2 amide bonds. The Hall–Kier alpha value is -1.96. The quantitative estimate of drug-likeness (QED) is 0.229. The van der Waals surface area contributed by atoms with Crippen LogP contribution in [0.5, 0.6) is 0 Å². The summed E-state index contributed by atoms with van der Waals surface area (Å²) in [6, 6.07) is 9.28. The third-order valence-corrected chi connectivity index (χ3v) is 6.21. The van der Waals surface area contributed by atoms with Crippen LogP contribution in [0, 0.1) is 5.92 Å². The predicted molar refractivity (Wildman–Crippen MR) is 133 cm³/mol. The van der Waals surface area contributed by atoms with E-state index in [0.717, 1.165) is 50.5 Å². The molecule has 1 saturated heterocycles. The first-order valence-electron chi connectivity index (χ1n) is 13.1. The largest absolute Gasteiger partial charge is 0.447 e. The van der Waals surface area contributed by atoms with Gasteiger partial charge in [-0.05, 0) is 31.2 Å². The Morgan fingerprint density at radius 3 is 2.47 bits per heavy atom. The number of hydroxylamine groups is 1. The molecule has 0 radical (unpaired) electrons. The van der Waals surface area contributed by atoms with Gasteiger partial charge in [-0.2, -0.15) is 5.48 Å². The van der Waals surface area contributed by atoms with E-state index in [-0.39, 0.29) is 24.6 Å². The normalized spacial score (nSPS) is 17.6. The number of amides is 2. The Morgan fingerprint density at radius 2 is 1.76 bits per heavy atom. The molecule has 192 valence electrons. The maximum Gasteiger partial charge on any atom is 0.416 e. The highest BCUT2D eigenvalue weighted by Gasteiger charge is 2.43. The molecular formula is C27H44N2O5. The minimum Gasteiger partial charge on any atom is -0.447 e. The summed E-state index contributed by atoms with van der Waals surface area (Å²) in [5.41, 5.74) is 4.19. The predicted octanol–water partition coefficient (Wildman–Crippen LogP) is 5.28. The van der Waals surface area contributed by atoms with Crippen LogP contribution in [0.15, 0.2) is 30.3 Å². The van der Waals surface area contributed by atoms with Crippen molar-refractivity contribution in [2.45, 2.75) is 90.6 Å². The number of nitrogens with one attached hydrogen (secondary N) is 1. The maximum absolute atomic E-state index is 13.8. The summed E-state index contributed by atoms with van der Waals surface area (Å²) < 4.78 is 11.2. The van der Waals surface area contributed by atoms with Gasteiger partial charge in [0.2, 0.25) is 5.91 Å². The van der Waals surface area contributed by atoms with Crippen molar-refractivity contribution in [1.82, 2.24) is 10.4 Å². The smallest absolute Gasteiger partial charge is 0.416 e. The zero-order chi connectivity index (χ0) is 24.6. The molecule has 0 saturated carbocycles. The molecule has 0 aliphatic carbocycles. The topological polar surface area (TPSA) is 77.1 Å². The number of ether oxygens (including phenoxy) is 2. The van der Waals surface area contributed by atoms with E-state index in [9.17, 15) is 9.59 Å². The van der Waals surface area contributed by atoms with E-state index < -0.39 is 12.0 Å². The van der Waals surface area contributed by atoms with Gasteiger partial charge in [0.05, 0.1) is 31.2 Å². The molecule has 1 aromatic carbocycles. The number of rotatable bonds is 18. The van der Waals surface area contributed by atoms with E-state index in [1.54, 1.807) is 0 Å². The molecular weight excluding hydrogens is 432 g/mol. The lowest BCUT2D eigenvalue weighted by molar-refractivity contribution is -0.138. The maximum atomic E-state index is 13.8. The van der Waals surface area contributed by atoms with E-state index in [0.29, 0.717) is 32.7 Å². The van der Waals surface area contributed by atoms with Gasteiger partial charge in [0, 0.05) is 6.61 Å². The second kappa shape index (κ2) is 16.6. The van der Waals surface area contributed by atoms with Gasteiger partial charge in [-0.3, -0.25) is 4.79 Å². The van der Waals surface area contributed by atoms with Crippen LogP contribution in [0.3, 0.4) is 0 Å². The lowest BCUT2D eigenvalue weighted by atomic mass is 9.91. The molecule has 1 N–H and O–H groups in total. The first-order valence-corrected chi connectivity index (χ1v) is 13.1. The standard InChI is InChI=1S/C27H44N2O5/c1-4-7-11-16-24(25(21-32-17-8-5-2)28-34-18-9-6-3)26(30)29-23(20-33-27(29)31)19-22-14-12-10-13-15-22/h10,12-15,23-25,28H,4-9,11,16-21H2,1-3H3/t23-,24+,25?/m0/s1. The van der Waals surface area contributed by atoms with Gasteiger partial charge in [-0.1, -0.05) is 83.2 Å². The Labute approximate surface area is 205 Å². The van der Waals surface area contributed by atoms with Gasteiger partial charge < -0.3 is 14.3 Å². The molecule has 1 heterocycles. The van der Waals surface area contributed by atoms with Gasteiger partial charge in [-0.25, -0.2) is 9.69 Å². The third-order valence-electron chi connectivity index (χ3n) is 6.21. The molecule has 7 heteroatoms. The molecule has 7 nitrogen and oxygen atoms in total.